The number of ketones is 1. The maximum absolute atomic E-state index is 13.0. The van der Waals surface area contributed by atoms with E-state index in [2.05, 4.69) is 5.32 Å². The fraction of sp³-hybridized carbons (Fsp3) is 0.435. The van der Waals surface area contributed by atoms with Gasteiger partial charge in [-0.2, -0.15) is 0 Å². The average Bonchev–Trinajstić information content (AvgIpc) is 3.21. The molecule has 10 nitrogen and oxygen atoms in total. The van der Waals surface area contributed by atoms with Gasteiger partial charge in [0.15, 0.2) is 23.4 Å². The topological polar surface area (TPSA) is 124 Å². The van der Waals surface area contributed by atoms with Crippen LogP contribution in [0.2, 0.25) is 0 Å². The number of benzene rings is 1. The number of sulfone groups is 1. The van der Waals surface area contributed by atoms with Crippen molar-refractivity contribution in [3.05, 3.63) is 47.3 Å². The molecule has 3 amide bonds. The van der Waals surface area contributed by atoms with Gasteiger partial charge in [0, 0.05) is 23.2 Å². The Morgan fingerprint density at radius 1 is 1.18 bits per heavy atom. The lowest BCUT2D eigenvalue weighted by Gasteiger charge is -2.27. The standard InChI is InChI=1S/C23H27N3O7S/c1-14-10-17(15(2)25(14)11-16-13-32-20-6-4-5-7-21(20)33-16)19(27)12-26-22(28)18(24-23(26)29)8-9-34(3,30)31/h4-7,10,16,18H,8-9,11-13H2,1-3H3,(H,24,29). The Balaban J connectivity index is 1.43. The molecule has 1 aromatic heterocycles. The van der Waals surface area contributed by atoms with Gasteiger partial charge in [0.25, 0.3) is 5.91 Å². The average molecular weight is 490 g/mol. The maximum atomic E-state index is 13.0. The fourth-order valence-corrected chi connectivity index (χ4v) is 4.87. The first-order chi connectivity index (χ1) is 16.0. The molecule has 3 heterocycles. The lowest BCUT2D eigenvalue weighted by atomic mass is 10.1. The number of amides is 3. The fourth-order valence-electron chi connectivity index (χ4n) is 4.20. The molecule has 0 aliphatic carbocycles. The number of ether oxygens (including phenoxy) is 2. The van der Waals surface area contributed by atoms with E-state index in [1.807, 2.05) is 35.8 Å². The number of para-hydroxylation sites is 2. The van der Waals surface area contributed by atoms with Gasteiger partial charge in [-0.3, -0.25) is 14.5 Å². The van der Waals surface area contributed by atoms with Crippen molar-refractivity contribution in [3.63, 3.8) is 0 Å². The minimum atomic E-state index is -3.28. The summed E-state index contributed by atoms with van der Waals surface area (Å²) in [6, 6.07) is 7.51. The second-order valence-electron chi connectivity index (χ2n) is 8.66. The third-order valence-electron chi connectivity index (χ3n) is 6.01. The Morgan fingerprint density at radius 2 is 1.88 bits per heavy atom. The van der Waals surface area contributed by atoms with Crippen molar-refractivity contribution in [3.8, 4) is 11.5 Å². The van der Waals surface area contributed by atoms with E-state index in [0.717, 1.165) is 16.8 Å². The summed E-state index contributed by atoms with van der Waals surface area (Å²) in [5.74, 6) is 0.157. The van der Waals surface area contributed by atoms with E-state index in [1.165, 1.54) is 0 Å². The van der Waals surface area contributed by atoms with Gasteiger partial charge in [0.1, 0.15) is 22.5 Å². The van der Waals surface area contributed by atoms with Crippen LogP contribution in [0.15, 0.2) is 30.3 Å². The summed E-state index contributed by atoms with van der Waals surface area (Å²) in [5.41, 5.74) is 1.95. The minimum Gasteiger partial charge on any atom is -0.486 e. The van der Waals surface area contributed by atoms with Crippen LogP contribution in [0, 0.1) is 13.8 Å². The Hall–Kier alpha value is -3.34. The molecule has 34 heavy (non-hydrogen) atoms. The van der Waals surface area contributed by atoms with Crippen LogP contribution in [0.5, 0.6) is 11.5 Å². The predicted molar refractivity (Wildman–Crippen MR) is 123 cm³/mol. The van der Waals surface area contributed by atoms with E-state index in [1.54, 1.807) is 13.0 Å². The maximum Gasteiger partial charge on any atom is 0.325 e. The quantitative estimate of drug-likeness (QED) is 0.440. The molecule has 4 rings (SSSR count). The molecular formula is C23H27N3O7S. The van der Waals surface area contributed by atoms with E-state index < -0.39 is 34.4 Å². The van der Waals surface area contributed by atoms with Crippen molar-refractivity contribution in [2.75, 3.05) is 25.2 Å². The van der Waals surface area contributed by atoms with E-state index in [0.29, 0.717) is 35.9 Å². The van der Waals surface area contributed by atoms with Crippen LogP contribution in [0.25, 0.3) is 0 Å². The molecule has 0 radical (unpaired) electrons. The summed E-state index contributed by atoms with van der Waals surface area (Å²) in [7, 11) is -3.28. The number of rotatable bonds is 8. The van der Waals surface area contributed by atoms with Gasteiger partial charge in [0.2, 0.25) is 0 Å². The number of urea groups is 1. The van der Waals surface area contributed by atoms with E-state index in [-0.39, 0.29) is 24.1 Å². The zero-order valence-electron chi connectivity index (χ0n) is 19.2. The Morgan fingerprint density at radius 3 is 2.59 bits per heavy atom. The number of imide groups is 1. The molecular weight excluding hydrogens is 462 g/mol. The van der Waals surface area contributed by atoms with Gasteiger partial charge >= 0.3 is 6.03 Å². The summed E-state index contributed by atoms with van der Waals surface area (Å²) < 4.78 is 36.5. The molecule has 2 aromatic rings. The number of aromatic nitrogens is 1. The van der Waals surface area contributed by atoms with Gasteiger partial charge in [-0.1, -0.05) is 12.1 Å². The van der Waals surface area contributed by atoms with Crippen molar-refractivity contribution in [2.24, 2.45) is 0 Å². The molecule has 2 unspecified atom stereocenters. The number of carbonyl (C=O) groups excluding carboxylic acids is 3. The van der Waals surface area contributed by atoms with Crippen molar-refractivity contribution >= 4 is 27.6 Å². The van der Waals surface area contributed by atoms with E-state index in [9.17, 15) is 22.8 Å². The lowest BCUT2D eigenvalue weighted by Crippen LogP contribution is -2.36. The molecule has 182 valence electrons. The molecule has 1 fully saturated rings. The van der Waals surface area contributed by atoms with E-state index in [4.69, 9.17) is 9.47 Å². The highest BCUT2D eigenvalue weighted by molar-refractivity contribution is 7.90. The van der Waals surface area contributed by atoms with Gasteiger partial charge in [0.05, 0.1) is 18.8 Å². The summed E-state index contributed by atoms with van der Waals surface area (Å²) >= 11 is 0. The van der Waals surface area contributed by atoms with Crippen molar-refractivity contribution < 1.29 is 32.3 Å². The first-order valence-electron chi connectivity index (χ1n) is 10.9. The molecule has 2 aliphatic rings. The zero-order chi connectivity index (χ0) is 24.6. The second-order valence-corrected chi connectivity index (χ2v) is 10.9. The van der Waals surface area contributed by atoms with E-state index >= 15 is 0 Å². The number of nitrogens with one attached hydrogen (secondary N) is 1. The van der Waals surface area contributed by atoms with Crippen LogP contribution >= 0.6 is 0 Å². The molecule has 2 aliphatic heterocycles. The molecule has 1 saturated heterocycles. The Kier molecular flexibility index (Phi) is 6.39. The van der Waals surface area contributed by atoms with Crippen molar-refractivity contribution in [2.45, 2.75) is 39.0 Å². The number of nitrogens with zero attached hydrogens (tertiary/aromatic N) is 2. The van der Waals surface area contributed by atoms with Gasteiger partial charge in [-0.15, -0.1) is 0 Å². The molecule has 0 bridgehead atoms. The van der Waals surface area contributed by atoms with Gasteiger partial charge in [-0.25, -0.2) is 13.2 Å². The highest BCUT2D eigenvalue weighted by Gasteiger charge is 2.39. The second kappa shape index (κ2) is 9.13. The lowest BCUT2D eigenvalue weighted by molar-refractivity contribution is -0.127. The molecule has 1 N–H and O–H groups in total. The van der Waals surface area contributed by atoms with Crippen LogP contribution in [-0.2, 0) is 21.2 Å². The highest BCUT2D eigenvalue weighted by Crippen LogP contribution is 2.31. The third-order valence-corrected chi connectivity index (χ3v) is 6.99. The van der Waals surface area contributed by atoms with Gasteiger partial charge in [-0.05, 0) is 38.5 Å². The molecule has 1 aromatic carbocycles. The number of aryl methyl sites for hydroxylation is 1. The van der Waals surface area contributed by atoms with Crippen LogP contribution in [-0.4, -0.2) is 72.9 Å². The highest BCUT2D eigenvalue weighted by atomic mass is 32.2. The SMILES string of the molecule is Cc1cc(C(=O)CN2C(=O)NC(CCS(C)(=O)=O)C2=O)c(C)n1CC1COc2ccccc2O1. The Labute approximate surface area is 197 Å². The minimum absolute atomic E-state index is 0.0325. The summed E-state index contributed by atoms with van der Waals surface area (Å²) in [6.07, 6.45) is 0.785. The molecule has 2 atom stereocenters. The summed E-state index contributed by atoms with van der Waals surface area (Å²) in [4.78, 5) is 38.7. The van der Waals surface area contributed by atoms with Crippen molar-refractivity contribution in [1.29, 1.82) is 0 Å². The van der Waals surface area contributed by atoms with Crippen LogP contribution in [0.4, 0.5) is 4.79 Å². The number of Topliss-reactive ketones (excluding diaryl/α,β-unsaturated/α-hetero) is 1. The zero-order valence-corrected chi connectivity index (χ0v) is 20.1. The largest absolute Gasteiger partial charge is 0.486 e. The Bertz CT molecular complexity index is 1250. The normalized spacial score (nSPS) is 19.9. The molecule has 0 saturated carbocycles. The number of fused-ring (bicyclic) bond motifs is 1. The van der Waals surface area contributed by atoms with Crippen molar-refractivity contribution in [1.82, 2.24) is 14.8 Å². The summed E-state index contributed by atoms with van der Waals surface area (Å²) in [5, 5.41) is 2.46. The third kappa shape index (κ3) is 4.93. The van der Waals surface area contributed by atoms with Gasteiger partial charge < -0.3 is 19.4 Å². The number of carbonyl (C=O) groups is 3. The molecule has 0 spiro atoms. The number of hydrogen-bond acceptors (Lipinski definition) is 7. The van der Waals surface area contributed by atoms with Crippen LogP contribution < -0.4 is 14.8 Å². The predicted octanol–water partition coefficient (Wildman–Crippen LogP) is 1.48. The summed E-state index contributed by atoms with van der Waals surface area (Å²) in [6.45, 7) is 4.10. The first kappa shape index (κ1) is 23.8. The smallest absolute Gasteiger partial charge is 0.325 e. The van der Waals surface area contributed by atoms with Crippen LogP contribution in [0.1, 0.15) is 28.2 Å². The number of hydrogen-bond donors (Lipinski definition) is 1. The monoisotopic (exact) mass is 489 g/mol. The molecule has 11 heteroatoms. The van der Waals surface area contributed by atoms with Crippen LogP contribution in [0.3, 0.4) is 0 Å². The first-order valence-corrected chi connectivity index (χ1v) is 13.0.